The van der Waals surface area contributed by atoms with Crippen molar-refractivity contribution in [3.05, 3.63) is 17.5 Å². The van der Waals surface area contributed by atoms with Gasteiger partial charge >= 0.3 is 0 Å². The number of nitrogens with zero attached hydrogens (tertiary/aromatic N) is 2. The van der Waals surface area contributed by atoms with Crippen molar-refractivity contribution in [3.63, 3.8) is 0 Å². The van der Waals surface area contributed by atoms with E-state index in [1.54, 1.807) is 17.8 Å². The number of carbonyl (C=O) groups is 1. The molecule has 1 rings (SSSR count). The molecule has 4 heteroatoms. The third kappa shape index (κ3) is 2.40. The molecule has 0 aromatic carbocycles. The second-order valence-corrected chi connectivity index (χ2v) is 3.97. The van der Waals surface area contributed by atoms with Crippen LogP contribution in [0.2, 0.25) is 0 Å². The molecule has 0 radical (unpaired) electrons. The largest absolute Gasteiger partial charge is 0.296 e. The molecule has 0 aliphatic rings. The number of halogens is 1. The van der Waals surface area contributed by atoms with E-state index in [4.69, 9.17) is 0 Å². The number of hydrogen-bond donors (Lipinski definition) is 0. The lowest BCUT2D eigenvalue weighted by Crippen LogP contribution is -2.28. The molecule has 0 aliphatic heterocycles. The fourth-order valence-electron chi connectivity index (χ4n) is 1.20. The Bertz CT molecular complexity index is 349. The van der Waals surface area contributed by atoms with Gasteiger partial charge in [-0.3, -0.25) is 9.48 Å². The lowest BCUT2D eigenvalue weighted by Gasteiger charge is -2.11. The number of ketones is 1. The molecule has 0 fully saturated rings. The average molecular weight is 198 g/mol. The van der Waals surface area contributed by atoms with Gasteiger partial charge in [0.25, 0.3) is 0 Å². The van der Waals surface area contributed by atoms with Crippen LogP contribution in [0.3, 0.4) is 0 Å². The summed E-state index contributed by atoms with van der Waals surface area (Å²) in [5.41, 5.74) is -0.178. The zero-order valence-electron chi connectivity index (χ0n) is 8.97. The van der Waals surface area contributed by atoms with Gasteiger partial charge < -0.3 is 0 Å². The molecule has 0 saturated carbocycles. The van der Waals surface area contributed by atoms with E-state index in [0.29, 0.717) is 0 Å². The molecule has 0 N–H and O–H groups in total. The Morgan fingerprint density at radius 3 is 2.57 bits per heavy atom. The van der Waals surface area contributed by atoms with Crippen LogP contribution in [0.25, 0.3) is 0 Å². The van der Waals surface area contributed by atoms with Gasteiger partial charge in [-0.25, -0.2) is 4.39 Å². The van der Waals surface area contributed by atoms with Crippen molar-refractivity contribution in [1.29, 1.82) is 0 Å². The standard InChI is InChI=1S/C10H15FN2O/c1-7-5-8(13(4)12-7)6-9(14)10(2,3)11/h5H,6H2,1-4H3. The molecule has 1 aromatic heterocycles. The minimum Gasteiger partial charge on any atom is -0.296 e. The van der Waals surface area contributed by atoms with E-state index >= 15 is 0 Å². The summed E-state index contributed by atoms with van der Waals surface area (Å²) in [5, 5.41) is 4.09. The molecule has 78 valence electrons. The summed E-state index contributed by atoms with van der Waals surface area (Å²) in [6.45, 7) is 4.39. The molecular formula is C10H15FN2O. The van der Waals surface area contributed by atoms with E-state index in [-0.39, 0.29) is 6.42 Å². The fourth-order valence-corrected chi connectivity index (χ4v) is 1.20. The topological polar surface area (TPSA) is 34.9 Å². The molecule has 0 atom stereocenters. The molecule has 0 unspecified atom stereocenters. The highest BCUT2D eigenvalue weighted by Gasteiger charge is 2.27. The summed E-state index contributed by atoms with van der Waals surface area (Å²) < 4.78 is 14.8. The number of alkyl halides is 1. The second kappa shape index (κ2) is 3.52. The van der Waals surface area contributed by atoms with Crippen LogP contribution in [-0.4, -0.2) is 21.2 Å². The van der Waals surface area contributed by atoms with Crippen molar-refractivity contribution < 1.29 is 9.18 Å². The number of hydrogen-bond acceptors (Lipinski definition) is 2. The lowest BCUT2D eigenvalue weighted by molar-refractivity contribution is -0.127. The number of carbonyl (C=O) groups excluding carboxylic acids is 1. The Hall–Kier alpha value is -1.19. The predicted octanol–water partition coefficient (Wildman–Crippen LogP) is 1.59. The molecule has 0 aliphatic carbocycles. The maximum Gasteiger partial charge on any atom is 0.175 e. The third-order valence-corrected chi connectivity index (χ3v) is 2.10. The van der Waals surface area contributed by atoms with Gasteiger partial charge in [0.15, 0.2) is 11.5 Å². The summed E-state index contributed by atoms with van der Waals surface area (Å²) in [6, 6.07) is 1.80. The Labute approximate surface area is 82.9 Å². The zero-order valence-corrected chi connectivity index (χ0v) is 8.97. The van der Waals surface area contributed by atoms with E-state index in [2.05, 4.69) is 5.10 Å². The first-order valence-corrected chi connectivity index (χ1v) is 4.52. The van der Waals surface area contributed by atoms with Gasteiger partial charge in [-0.1, -0.05) is 0 Å². The summed E-state index contributed by atoms with van der Waals surface area (Å²) in [5.74, 6) is -0.416. The highest BCUT2D eigenvalue weighted by atomic mass is 19.1. The van der Waals surface area contributed by atoms with E-state index in [1.165, 1.54) is 13.8 Å². The van der Waals surface area contributed by atoms with Crippen molar-refractivity contribution in [2.45, 2.75) is 32.9 Å². The molecule has 3 nitrogen and oxygen atoms in total. The van der Waals surface area contributed by atoms with Crippen molar-refractivity contribution in [3.8, 4) is 0 Å². The highest BCUT2D eigenvalue weighted by Crippen LogP contribution is 2.14. The first kappa shape index (κ1) is 10.9. The van der Waals surface area contributed by atoms with Crippen LogP contribution in [0.15, 0.2) is 6.07 Å². The molecule has 1 heterocycles. The smallest absolute Gasteiger partial charge is 0.175 e. The van der Waals surface area contributed by atoms with Gasteiger partial charge in [0.2, 0.25) is 0 Å². The monoisotopic (exact) mass is 198 g/mol. The quantitative estimate of drug-likeness (QED) is 0.739. The summed E-state index contributed by atoms with van der Waals surface area (Å²) in [7, 11) is 1.75. The SMILES string of the molecule is Cc1cc(CC(=O)C(C)(C)F)n(C)n1. The van der Waals surface area contributed by atoms with Crippen LogP contribution < -0.4 is 0 Å². The van der Waals surface area contributed by atoms with Gasteiger partial charge in [0, 0.05) is 12.7 Å². The van der Waals surface area contributed by atoms with Crippen molar-refractivity contribution in [2.75, 3.05) is 0 Å². The minimum atomic E-state index is -1.77. The summed E-state index contributed by atoms with van der Waals surface area (Å²) in [4.78, 5) is 11.4. The molecule has 0 bridgehead atoms. The Balaban J connectivity index is 2.80. The first-order chi connectivity index (χ1) is 6.30. The Morgan fingerprint density at radius 2 is 2.21 bits per heavy atom. The van der Waals surface area contributed by atoms with Gasteiger partial charge in [0.05, 0.1) is 12.1 Å². The van der Waals surface area contributed by atoms with E-state index in [1.807, 2.05) is 6.92 Å². The van der Waals surface area contributed by atoms with Crippen molar-refractivity contribution in [1.82, 2.24) is 9.78 Å². The van der Waals surface area contributed by atoms with Gasteiger partial charge in [-0.05, 0) is 26.8 Å². The fraction of sp³-hybridized carbons (Fsp3) is 0.600. The number of rotatable bonds is 3. The van der Waals surface area contributed by atoms with Crippen LogP contribution in [0.5, 0.6) is 0 Å². The molecule has 0 saturated heterocycles. The van der Waals surface area contributed by atoms with Crippen molar-refractivity contribution in [2.24, 2.45) is 7.05 Å². The number of aryl methyl sites for hydroxylation is 2. The average Bonchev–Trinajstić information content (AvgIpc) is 2.28. The number of aromatic nitrogens is 2. The maximum absolute atomic E-state index is 13.2. The molecule has 1 aromatic rings. The number of Topliss-reactive ketones (excluding diaryl/α,β-unsaturated/α-hetero) is 1. The summed E-state index contributed by atoms with van der Waals surface area (Å²) in [6.07, 6.45) is 0.0981. The Morgan fingerprint density at radius 1 is 1.64 bits per heavy atom. The highest BCUT2D eigenvalue weighted by molar-refractivity contribution is 5.87. The van der Waals surface area contributed by atoms with Gasteiger partial charge in [-0.2, -0.15) is 5.10 Å². The molecule has 0 spiro atoms. The first-order valence-electron chi connectivity index (χ1n) is 4.52. The van der Waals surface area contributed by atoms with Crippen LogP contribution in [0.4, 0.5) is 4.39 Å². The second-order valence-electron chi connectivity index (χ2n) is 3.97. The maximum atomic E-state index is 13.2. The van der Waals surface area contributed by atoms with E-state index in [9.17, 15) is 9.18 Å². The molecule has 0 amide bonds. The molecule has 14 heavy (non-hydrogen) atoms. The van der Waals surface area contributed by atoms with Gasteiger partial charge in [0.1, 0.15) is 0 Å². The molecular weight excluding hydrogens is 183 g/mol. The normalized spacial score (nSPS) is 11.8. The van der Waals surface area contributed by atoms with Gasteiger partial charge in [-0.15, -0.1) is 0 Å². The third-order valence-electron chi connectivity index (χ3n) is 2.10. The zero-order chi connectivity index (χ0) is 10.9. The predicted molar refractivity (Wildman–Crippen MR) is 51.8 cm³/mol. The van der Waals surface area contributed by atoms with Crippen molar-refractivity contribution >= 4 is 5.78 Å². The lowest BCUT2D eigenvalue weighted by atomic mass is 10.0. The Kier molecular flexibility index (Phi) is 2.73. The van der Waals surface area contributed by atoms with Crippen LogP contribution >= 0.6 is 0 Å². The van der Waals surface area contributed by atoms with E-state index in [0.717, 1.165) is 11.4 Å². The van der Waals surface area contributed by atoms with Crippen LogP contribution in [0, 0.1) is 6.92 Å². The van der Waals surface area contributed by atoms with Crippen LogP contribution in [0.1, 0.15) is 25.2 Å². The summed E-state index contributed by atoms with van der Waals surface area (Å²) >= 11 is 0. The van der Waals surface area contributed by atoms with E-state index < -0.39 is 11.5 Å². The van der Waals surface area contributed by atoms with Crippen LogP contribution in [-0.2, 0) is 18.3 Å². The minimum absolute atomic E-state index is 0.0981.